The van der Waals surface area contributed by atoms with Crippen LogP contribution in [0.15, 0.2) is 0 Å². The maximum absolute atomic E-state index is 10.8. The minimum absolute atomic E-state index is 0.135. The molecule has 1 atom stereocenters. The van der Waals surface area contributed by atoms with Crippen molar-refractivity contribution in [1.29, 1.82) is 0 Å². The third kappa shape index (κ3) is 4.36. The van der Waals surface area contributed by atoms with Crippen molar-refractivity contribution in [3.8, 4) is 0 Å². The van der Waals surface area contributed by atoms with Crippen LogP contribution < -0.4 is 0 Å². The second kappa shape index (κ2) is 5.27. The van der Waals surface area contributed by atoms with Crippen molar-refractivity contribution in [2.75, 3.05) is 6.61 Å². The number of hydrogen-bond donors (Lipinski definition) is 0. The van der Waals surface area contributed by atoms with Gasteiger partial charge < -0.3 is 4.74 Å². The van der Waals surface area contributed by atoms with E-state index < -0.39 is 0 Å². The predicted octanol–water partition coefficient (Wildman–Crippen LogP) is 1.80. The van der Waals surface area contributed by atoms with E-state index in [-0.39, 0.29) is 11.9 Å². The summed E-state index contributed by atoms with van der Waals surface area (Å²) in [6.45, 7) is 8.06. The van der Waals surface area contributed by atoms with Crippen molar-refractivity contribution in [1.82, 2.24) is 0 Å². The highest BCUT2D eigenvalue weighted by atomic mass is 16.5. The van der Waals surface area contributed by atoms with Gasteiger partial charge >= 0.3 is 5.97 Å². The molecule has 0 saturated heterocycles. The van der Waals surface area contributed by atoms with E-state index in [1.165, 1.54) is 0 Å². The van der Waals surface area contributed by atoms with Gasteiger partial charge in [0.2, 0.25) is 0 Å². The van der Waals surface area contributed by atoms with Gasteiger partial charge in [-0.2, -0.15) is 0 Å². The van der Waals surface area contributed by atoms with Crippen LogP contribution >= 0.6 is 0 Å². The molecule has 0 aromatic carbocycles. The first-order valence-corrected chi connectivity index (χ1v) is 3.69. The molecule has 0 aromatic rings. The predicted molar refractivity (Wildman–Crippen MR) is 40.4 cm³/mol. The zero-order chi connectivity index (χ0) is 7.98. The second-order valence-corrected chi connectivity index (χ2v) is 2.28. The molecule has 0 bridgehead atoms. The Bertz CT molecular complexity index is 99.4. The summed E-state index contributed by atoms with van der Waals surface area (Å²) >= 11 is 0. The molecule has 0 aliphatic heterocycles. The van der Waals surface area contributed by atoms with E-state index in [0.29, 0.717) is 13.0 Å². The van der Waals surface area contributed by atoms with Crippen LogP contribution in [0.2, 0.25) is 0 Å². The number of ether oxygens (including phenoxy) is 1. The average Bonchev–Trinajstić information content (AvgIpc) is 1.88. The first-order valence-electron chi connectivity index (χ1n) is 3.69. The van der Waals surface area contributed by atoms with Crippen molar-refractivity contribution < 1.29 is 9.53 Å². The van der Waals surface area contributed by atoms with Crippen molar-refractivity contribution in [3.63, 3.8) is 0 Å². The summed E-state index contributed by atoms with van der Waals surface area (Å²) < 4.78 is 4.74. The minimum atomic E-state index is -0.135. The highest BCUT2D eigenvalue weighted by Gasteiger charge is 2.06. The van der Waals surface area contributed by atoms with Crippen molar-refractivity contribution in [3.05, 3.63) is 6.92 Å². The highest BCUT2D eigenvalue weighted by Crippen LogP contribution is 2.06. The van der Waals surface area contributed by atoms with Crippen LogP contribution in [0.25, 0.3) is 0 Å². The summed E-state index contributed by atoms with van der Waals surface area (Å²) in [4.78, 5) is 10.8. The van der Waals surface area contributed by atoms with Gasteiger partial charge in [0.05, 0.1) is 6.61 Å². The number of carbonyl (C=O) groups excluding carboxylic acids is 1. The van der Waals surface area contributed by atoms with Crippen LogP contribution in [0.4, 0.5) is 0 Å². The van der Waals surface area contributed by atoms with E-state index in [2.05, 4.69) is 6.92 Å². The van der Waals surface area contributed by atoms with Gasteiger partial charge in [0.15, 0.2) is 0 Å². The fourth-order valence-corrected chi connectivity index (χ4v) is 0.600. The quantitative estimate of drug-likeness (QED) is 0.561. The van der Waals surface area contributed by atoms with Gasteiger partial charge in [-0.1, -0.05) is 13.3 Å². The molecule has 1 radical (unpaired) electrons. The lowest BCUT2D eigenvalue weighted by Gasteiger charge is -2.05. The Morgan fingerprint density at radius 3 is 2.60 bits per heavy atom. The third-order valence-corrected chi connectivity index (χ3v) is 1.34. The number of esters is 1. The van der Waals surface area contributed by atoms with E-state index in [1.54, 1.807) is 0 Å². The third-order valence-electron chi connectivity index (χ3n) is 1.34. The molecule has 59 valence electrons. The van der Waals surface area contributed by atoms with Crippen LogP contribution in [-0.4, -0.2) is 12.6 Å². The van der Waals surface area contributed by atoms with Gasteiger partial charge in [-0.25, -0.2) is 0 Å². The number of rotatable bonds is 4. The molecule has 0 aromatic heterocycles. The molecule has 0 heterocycles. The van der Waals surface area contributed by atoms with E-state index >= 15 is 0 Å². The van der Waals surface area contributed by atoms with Crippen molar-refractivity contribution in [2.24, 2.45) is 5.92 Å². The minimum Gasteiger partial charge on any atom is -0.466 e. The molecule has 0 aliphatic carbocycles. The van der Waals surface area contributed by atoms with Gasteiger partial charge in [-0.05, 0) is 19.8 Å². The Morgan fingerprint density at radius 1 is 1.60 bits per heavy atom. The lowest BCUT2D eigenvalue weighted by molar-refractivity contribution is -0.143. The fourth-order valence-electron chi connectivity index (χ4n) is 0.600. The van der Waals surface area contributed by atoms with Gasteiger partial charge in [-0.3, -0.25) is 4.79 Å². The zero-order valence-electron chi connectivity index (χ0n) is 6.72. The summed E-state index contributed by atoms with van der Waals surface area (Å²) in [7, 11) is 0. The zero-order valence-corrected chi connectivity index (χ0v) is 6.72. The van der Waals surface area contributed by atoms with E-state index in [0.717, 1.165) is 6.42 Å². The van der Waals surface area contributed by atoms with E-state index in [9.17, 15) is 4.79 Å². The monoisotopic (exact) mass is 143 g/mol. The largest absolute Gasteiger partial charge is 0.466 e. The standard InChI is InChI=1S/C8H15O2/c1-4-7(3)6-8(9)10-5-2/h7H,3-6H2,1-2H3. The molecular weight excluding hydrogens is 128 g/mol. The SMILES string of the molecule is [CH2]C(CC)CC(=O)OCC. The van der Waals surface area contributed by atoms with Crippen molar-refractivity contribution >= 4 is 5.97 Å². The summed E-state index contributed by atoms with van der Waals surface area (Å²) in [5.41, 5.74) is 0. The Hall–Kier alpha value is -0.530. The summed E-state index contributed by atoms with van der Waals surface area (Å²) in [6, 6.07) is 0. The van der Waals surface area contributed by atoms with Gasteiger partial charge in [0, 0.05) is 6.42 Å². The molecule has 0 rings (SSSR count). The van der Waals surface area contributed by atoms with Gasteiger partial charge in [0.1, 0.15) is 0 Å². The Balaban J connectivity index is 3.37. The molecule has 0 saturated carbocycles. The molecule has 0 fully saturated rings. The Kier molecular flexibility index (Phi) is 4.99. The molecule has 1 unspecified atom stereocenters. The highest BCUT2D eigenvalue weighted by molar-refractivity contribution is 5.69. The molecule has 0 aliphatic rings. The summed E-state index contributed by atoms with van der Waals surface area (Å²) in [5, 5.41) is 0. The fraction of sp³-hybridized carbons (Fsp3) is 0.750. The summed E-state index contributed by atoms with van der Waals surface area (Å²) in [5.74, 6) is 0.0726. The molecule has 0 amide bonds. The number of hydrogen-bond acceptors (Lipinski definition) is 2. The maximum Gasteiger partial charge on any atom is 0.306 e. The van der Waals surface area contributed by atoms with Crippen molar-refractivity contribution in [2.45, 2.75) is 26.7 Å². The van der Waals surface area contributed by atoms with Gasteiger partial charge in [0.25, 0.3) is 0 Å². The molecule has 0 N–H and O–H groups in total. The molecule has 0 spiro atoms. The van der Waals surface area contributed by atoms with Crippen LogP contribution in [0.3, 0.4) is 0 Å². The molecule has 2 nitrogen and oxygen atoms in total. The van der Waals surface area contributed by atoms with Crippen LogP contribution in [-0.2, 0) is 9.53 Å². The lowest BCUT2D eigenvalue weighted by atomic mass is 10.1. The molecular formula is C8H15O2. The van der Waals surface area contributed by atoms with Crippen LogP contribution in [0.5, 0.6) is 0 Å². The van der Waals surface area contributed by atoms with Crippen LogP contribution in [0.1, 0.15) is 26.7 Å². The smallest absolute Gasteiger partial charge is 0.306 e. The normalized spacial score (nSPS) is 12.7. The molecule has 2 heteroatoms. The van der Waals surface area contributed by atoms with E-state index in [1.807, 2.05) is 13.8 Å². The average molecular weight is 143 g/mol. The first kappa shape index (κ1) is 9.47. The number of carbonyl (C=O) groups is 1. The molecule has 10 heavy (non-hydrogen) atoms. The van der Waals surface area contributed by atoms with Gasteiger partial charge in [-0.15, -0.1) is 0 Å². The second-order valence-electron chi connectivity index (χ2n) is 2.28. The topological polar surface area (TPSA) is 26.3 Å². The Morgan fingerprint density at radius 2 is 2.20 bits per heavy atom. The first-order chi connectivity index (χ1) is 4.70. The van der Waals surface area contributed by atoms with Crippen LogP contribution in [0, 0.1) is 12.8 Å². The van der Waals surface area contributed by atoms with E-state index in [4.69, 9.17) is 4.74 Å². The Labute approximate surface area is 62.6 Å². The summed E-state index contributed by atoms with van der Waals surface area (Å²) in [6.07, 6.45) is 1.38. The lowest BCUT2D eigenvalue weighted by Crippen LogP contribution is -2.08. The maximum atomic E-state index is 10.8.